The van der Waals surface area contributed by atoms with E-state index in [0.717, 1.165) is 55.2 Å². The molecule has 2 aliphatic heterocycles. The molecule has 5 heterocycles. The lowest BCUT2D eigenvalue weighted by Gasteiger charge is -2.35. The summed E-state index contributed by atoms with van der Waals surface area (Å²) in [4.78, 5) is 11.8. The first-order valence-corrected chi connectivity index (χ1v) is 9.73. The zero-order chi connectivity index (χ0) is 18.9. The van der Waals surface area contributed by atoms with Crippen LogP contribution in [0.3, 0.4) is 0 Å². The number of H-pyrrole nitrogens is 1. The van der Waals surface area contributed by atoms with Gasteiger partial charge in [0.05, 0.1) is 19.4 Å². The molecule has 3 aromatic rings. The molecule has 0 unspecified atom stereocenters. The Morgan fingerprint density at radius 3 is 2.89 bits per heavy atom. The molecule has 0 spiro atoms. The van der Waals surface area contributed by atoms with Crippen molar-refractivity contribution in [1.29, 1.82) is 0 Å². The van der Waals surface area contributed by atoms with E-state index in [-0.39, 0.29) is 6.04 Å². The quantitative estimate of drug-likeness (QED) is 0.694. The van der Waals surface area contributed by atoms with Gasteiger partial charge >= 0.3 is 0 Å². The molecule has 28 heavy (non-hydrogen) atoms. The Hall–Kier alpha value is -2.72. The largest absolute Gasteiger partial charge is 0.381 e. The summed E-state index contributed by atoms with van der Waals surface area (Å²) >= 11 is 0. The summed E-state index contributed by atoms with van der Waals surface area (Å²) in [6.07, 6.45) is 7.27. The van der Waals surface area contributed by atoms with Crippen molar-refractivity contribution in [3.8, 4) is 11.3 Å². The number of anilines is 2. The number of hydrogen-bond donors (Lipinski definition) is 2. The molecule has 0 radical (unpaired) electrons. The average Bonchev–Trinajstić information content (AvgIpc) is 3.38. The van der Waals surface area contributed by atoms with Crippen LogP contribution in [0, 0.1) is 0 Å². The van der Waals surface area contributed by atoms with Crippen molar-refractivity contribution in [3.05, 3.63) is 18.7 Å². The Kier molecular flexibility index (Phi) is 4.57. The van der Waals surface area contributed by atoms with Gasteiger partial charge in [0.1, 0.15) is 17.7 Å². The van der Waals surface area contributed by atoms with Gasteiger partial charge in [0, 0.05) is 43.6 Å². The molecule has 2 fully saturated rings. The van der Waals surface area contributed by atoms with E-state index in [2.05, 4.69) is 37.4 Å². The Morgan fingerprint density at radius 2 is 2.11 bits per heavy atom. The summed E-state index contributed by atoms with van der Waals surface area (Å²) in [5, 5.41) is 15.0. The summed E-state index contributed by atoms with van der Waals surface area (Å²) in [5.41, 5.74) is 3.53. The third-order valence-electron chi connectivity index (χ3n) is 5.34. The van der Waals surface area contributed by atoms with Crippen molar-refractivity contribution in [1.82, 2.24) is 29.8 Å². The monoisotopic (exact) mass is 384 g/mol. The first kappa shape index (κ1) is 17.4. The maximum Gasteiger partial charge on any atom is 0.243 e. The van der Waals surface area contributed by atoms with Crippen molar-refractivity contribution in [2.75, 3.05) is 43.2 Å². The Labute approximate surface area is 162 Å². The van der Waals surface area contributed by atoms with Crippen LogP contribution in [0.5, 0.6) is 0 Å². The molecule has 2 N–H and O–H groups in total. The highest BCUT2D eigenvalue weighted by Gasteiger charge is 2.27. The van der Waals surface area contributed by atoms with Gasteiger partial charge in [0.15, 0.2) is 5.65 Å². The highest BCUT2D eigenvalue weighted by atomic mass is 16.5. The minimum Gasteiger partial charge on any atom is -0.381 e. The molecular weight excluding hydrogens is 360 g/mol. The van der Waals surface area contributed by atoms with E-state index in [0.29, 0.717) is 25.2 Å². The molecule has 0 amide bonds. The Morgan fingerprint density at radius 1 is 1.21 bits per heavy atom. The molecule has 0 saturated carbocycles. The van der Waals surface area contributed by atoms with Gasteiger partial charge in [-0.15, -0.1) is 5.10 Å². The molecule has 0 aliphatic carbocycles. The number of hydrogen-bond acceptors (Lipinski definition) is 8. The molecule has 10 nitrogen and oxygen atoms in total. The summed E-state index contributed by atoms with van der Waals surface area (Å²) < 4.78 is 12.8. The number of nitrogens with zero attached hydrogens (tertiary/aromatic N) is 6. The second-order valence-electron chi connectivity index (χ2n) is 7.28. The van der Waals surface area contributed by atoms with E-state index in [1.54, 1.807) is 17.0 Å². The smallest absolute Gasteiger partial charge is 0.243 e. The maximum atomic E-state index is 5.63. The zero-order valence-electron chi connectivity index (χ0n) is 15.8. The molecule has 2 saturated heterocycles. The van der Waals surface area contributed by atoms with Gasteiger partial charge in [0.2, 0.25) is 5.95 Å². The molecule has 10 heteroatoms. The van der Waals surface area contributed by atoms with Crippen molar-refractivity contribution >= 4 is 17.3 Å². The fraction of sp³-hybridized carbons (Fsp3) is 0.556. The highest BCUT2D eigenvalue weighted by Crippen LogP contribution is 2.34. The number of nitrogens with one attached hydrogen (secondary N) is 2. The summed E-state index contributed by atoms with van der Waals surface area (Å²) in [6.45, 7) is 5.83. The number of ether oxygens (including phenoxy) is 2. The van der Waals surface area contributed by atoms with E-state index in [9.17, 15) is 0 Å². The van der Waals surface area contributed by atoms with Crippen LogP contribution in [0.1, 0.15) is 19.8 Å². The molecule has 2 aliphatic rings. The molecule has 148 valence electrons. The summed E-state index contributed by atoms with van der Waals surface area (Å²) in [6, 6.07) is 0.550. The van der Waals surface area contributed by atoms with Crippen molar-refractivity contribution in [2.45, 2.75) is 31.8 Å². The topological polar surface area (TPSA) is 105 Å². The number of aromatic amines is 1. The fourth-order valence-electron chi connectivity index (χ4n) is 3.85. The second-order valence-corrected chi connectivity index (χ2v) is 7.28. The minimum absolute atomic E-state index is 0.219. The van der Waals surface area contributed by atoms with E-state index < -0.39 is 0 Å². The molecule has 5 rings (SSSR count). The highest BCUT2D eigenvalue weighted by molar-refractivity contribution is 5.85. The molecule has 0 aromatic carbocycles. The van der Waals surface area contributed by atoms with E-state index in [4.69, 9.17) is 14.5 Å². The lowest BCUT2D eigenvalue weighted by atomic mass is 10.1. The van der Waals surface area contributed by atoms with E-state index >= 15 is 0 Å². The van der Waals surface area contributed by atoms with Gasteiger partial charge in [-0.25, -0.2) is 4.98 Å². The SMILES string of the molecule is C[C@@H]1COCCN1c1c(-c2cn[nH]c2)ncn2nc(NC3CCOCC3)nc12. The maximum absolute atomic E-state index is 5.63. The van der Waals surface area contributed by atoms with Crippen LogP contribution in [-0.4, -0.2) is 74.8 Å². The first-order valence-electron chi connectivity index (χ1n) is 9.73. The molecule has 0 bridgehead atoms. The van der Waals surface area contributed by atoms with Crippen LogP contribution < -0.4 is 10.2 Å². The van der Waals surface area contributed by atoms with Gasteiger partial charge in [-0.2, -0.15) is 14.6 Å². The number of fused-ring (bicyclic) bond motifs is 1. The van der Waals surface area contributed by atoms with E-state index in [1.165, 1.54) is 0 Å². The van der Waals surface area contributed by atoms with E-state index in [1.807, 2.05) is 6.20 Å². The van der Waals surface area contributed by atoms with Crippen LogP contribution in [0.2, 0.25) is 0 Å². The standard InChI is InChI=1S/C18H24N8O2/c1-12-10-28-7-4-25(12)16-15(13-8-20-21-9-13)19-11-26-17(16)23-18(24-26)22-14-2-5-27-6-3-14/h8-9,11-12,14H,2-7,10H2,1H3,(H,20,21)(H,22,24)/t12-/m1/s1. The van der Waals surface area contributed by atoms with Crippen LogP contribution >= 0.6 is 0 Å². The molecular formula is C18H24N8O2. The first-order chi connectivity index (χ1) is 13.8. The van der Waals surface area contributed by atoms with Gasteiger partial charge in [0.25, 0.3) is 0 Å². The van der Waals surface area contributed by atoms with Gasteiger partial charge in [-0.1, -0.05) is 0 Å². The average molecular weight is 384 g/mol. The Balaban J connectivity index is 1.58. The minimum atomic E-state index is 0.219. The number of rotatable bonds is 4. The zero-order valence-corrected chi connectivity index (χ0v) is 15.8. The van der Waals surface area contributed by atoms with Gasteiger partial charge < -0.3 is 19.7 Å². The second kappa shape index (κ2) is 7.36. The molecule has 1 atom stereocenters. The lowest BCUT2D eigenvalue weighted by molar-refractivity contribution is 0.0903. The predicted octanol–water partition coefficient (Wildman–Crippen LogP) is 1.33. The number of morpholine rings is 1. The molecule has 3 aromatic heterocycles. The lowest BCUT2D eigenvalue weighted by Crippen LogP contribution is -2.44. The van der Waals surface area contributed by atoms with Crippen LogP contribution in [0.4, 0.5) is 11.6 Å². The third-order valence-corrected chi connectivity index (χ3v) is 5.34. The third kappa shape index (κ3) is 3.18. The summed E-state index contributed by atoms with van der Waals surface area (Å²) in [5.74, 6) is 0.625. The van der Waals surface area contributed by atoms with Crippen molar-refractivity contribution in [3.63, 3.8) is 0 Å². The predicted molar refractivity (Wildman–Crippen MR) is 103 cm³/mol. The van der Waals surface area contributed by atoms with Crippen LogP contribution in [0.25, 0.3) is 16.9 Å². The Bertz CT molecular complexity index is 935. The van der Waals surface area contributed by atoms with Crippen LogP contribution in [-0.2, 0) is 9.47 Å². The van der Waals surface area contributed by atoms with Crippen LogP contribution in [0.15, 0.2) is 18.7 Å². The van der Waals surface area contributed by atoms with Gasteiger partial charge in [-0.05, 0) is 19.8 Å². The fourth-order valence-corrected chi connectivity index (χ4v) is 3.85. The number of aromatic nitrogens is 6. The van der Waals surface area contributed by atoms with Crippen molar-refractivity contribution < 1.29 is 9.47 Å². The van der Waals surface area contributed by atoms with Crippen molar-refractivity contribution in [2.24, 2.45) is 0 Å². The normalized spacial score (nSPS) is 21.3. The summed E-state index contributed by atoms with van der Waals surface area (Å²) in [7, 11) is 0. The van der Waals surface area contributed by atoms with Gasteiger partial charge in [-0.3, -0.25) is 5.10 Å².